The van der Waals surface area contributed by atoms with Crippen LogP contribution in [0.15, 0.2) is 24.3 Å². The standard InChI is InChI=1S/C11H10Cl2O3/c1-16-6-8(5-11(14)15)7-2-3-9(12)10(13)4-7/h2-5H,6H2,1H3,(H,14,15)/b8-5+. The third kappa shape index (κ3) is 3.52. The number of benzene rings is 1. The molecule has 0 amide bonds. The number of aliphatic carboxylic acids is 1. The maximum atomic E-state index is 10.6. The fraction of sp³-hybridized carbons (Fsp3) is 0.182. The van der Waals surface area contributed by atoms with Gasteiger partial charge in [0.2, 0.25) is 0 Å². The third-order valence-electron chi connectivity index (χ3n) is 1.89. The summed E-state index contributed by atoms with van der Waals surface area (Å²) >= 11 is 11.6. The van der Waals surface area contributed by atoms with Gasteiger partial charge in [0.25, 0.3) is 0 Å². The number of carboxylic acid groups (broad SMARTS) is 1. The van der Waals surface area contributed by atoms with Crippen LogP contribution in [0.2, 0.25) is 10.0 Å². The Morgan fingerprint density at radius 1 is 1.44 bits per heavy atom. The van der Waals surface area contributed by atoms with Crippen LogP contribution >= 0.6 is 23.2 Å². The minimum absolute atomic E-state index is 0.199. The van der Waals surface area contributed by atoms with Crippen LogP contribution < -0.4 is 0 Å². The van der Waals surface area contributed by atoms with E-state index in [9.17, 15) is 4.79 Å². The summed E-state index contributed by atoms with van der Waals surface area (Å²) in [7, 11) is 1.49. The number of hydrogen-bond acceptors (Lipinski definition) is 2. The second-order valence-electron chi connectivity index (χ2n) is 3.07. The van der Waals surface area contributed by atoms with Gasteiger partial charge in [-0.05, 0) is 23.3 Å². The molecule has 0 unspecified atom stereocenters. The van der Waals surface area contributed by atoms with Gasteiger partial charge < -0.3 is 9.84 Å². The zero-order chi connectivity index (χ0) is 12.1. The first-order valence-electron chi connectivity index (χ1n) is 4.42. The van der Waals surface area contributed by atoms with Gasteiger partial charge in [-0.2, -0.15) is 0 Å². The lowest BCUT2D eigenvalue weighted by molar-refractivity contribution is -0.131. The summed E-state index contributed by atoms with van der Waals surface area (Å²) in [5.41, 5.74) is 1.22. The molecule has 0 spiro atoms. The Hall–Kier alpha value is -1.03. The molecule has 0 bridgehead atoms. The summed E-state index contributed by atoms with van der Waals surface area (Å²) in [5.74, 6) is -1.03. The predicted octanol–water partition coefficient (Wildman–Crippen LogP) is 3.11. The van der Waals surface area contributed by atoms with Crippen LogP contribution in [0.3, 0.4) is 0 Å². The quantitative estimate of drug-likeness (QED) is 0.847. The van der Waals surface area contributed by atoms with Crippen molar-refractivity contribution in [3.8, 4) is 0 Å². The third-order valence-corrected chi connectivity index (χ3v) is 2.63. The summed E-state index contributed by atoms with van der Waals surface area (Å²) in [6.45, 7) is 0.199. The van der Waals surface area contributed by atoms with E-state index < -0.39 is 5.97 Å². The second kappa shape index (κ2) is 5.89. The Morgan fingerprint density at radius 3 is 2.62 bits per heavy atom. The molecule has 0 saturated carbocycles. The smallest absolute Gasteiger partial charge is 0.328 e. The molecule has 1 aromatic rings. The first-order chi connectivity index (χ1) is 7.54. The van der Waals surface area contributed by atoms with Gasteiger partial charge in [0.15, 0.2) is 0 Å². The van der Waals surface area contributed by atoms with Crippen molar-refractivity contribution in [1.29, 1.82) is 0 Å². The van der Waals surface area contributed by atoms with Gasteiger partial charge in [-0.1, -0.05) is 29.3 Å². The Balaban J connectivity index is 3.11. The summed E-state index contributed by atoms with van der Waals surface area (Å²) < 4.78 is 4.92. The number of halogens is 2. The van der Waals surface area contributed by atoms with Crippen molar-refractivity contribution in [2.24, 2.45) is 0 Å². The van der Waals surface area contributed by atoms with Crippen LogP contribution in [0.4, 0.5) is 0 Å². The first kappa shape index (κ1) is 13.0. The highest BCUT2D eigenvalue weighted by molar-refractivity contribution is 6.42. The zero-order valence-corrected chi connectivity index (χ0v) is 10.0. The maximum absolute atomic E-state index is 10.6. The van der Waals surface area contributed by atoms with Gasteiger partial charge in [0, 0.05) is 13.2 Å². The lowest BCUT2D eigenvalue weighted by Crippen LogP contribution is -1.98. The van der Waals surface area contributed by atoms with E-state index in [0.717, 1.165) is 6.08 Å². The van der Waals surface area contributed by atoms with E-state index in [0.29, 0.717) is 21.2 Å². The minimum Gasteiger partial charge on any atom is -0.478 e. The van der Waals surface area contributed by atoms with E-state index >= 15 is 0 Å². The van der Waals surface area contributed by atoms with Crippen LogP contribution in [-0.2, 0) is 9.53 Å². The lowest BCUT2D eigenvalue weighted by Gasteiger charge is -2.07. The van der Waals surface area contributed by atoms with Gasteiger partial charge in [0.1, 0.15) is 0 Å². The predicted molar refractivity (Wildman–Crippen MR) is 64.0 cm³/mol. The molecule has 0 heterocycles. The second-order valence-corrected chi connectivity index (χ2v) is 3.88. The highest BCUT2D eigenvalue weighted by Crippen LogP contribution is 2.26. The first-order valence-corrected chi connectivity index (χ1v) is 5.18. The number of methoxy groups -OCH3 is 1. The molecule has 0 atom stereocenters. The van der Waals surface area contributed by atoms with E-state index in [1.54, 1.807) is 18.2 Å². The van der Waals surface area contributed by atoms with E-state index in [4.69, 9.17) is 33.0 Å². The average Bonchev–Trinajstić information content (AvgIpc) is 2.21. The molecule has 1 aromatic carbocycles. The largest absolute Gasteiger partial charge is 0.478 e. The summed E-state index contributed by atoms with van der Waals surface area (Å²) in [4.78, 5) is 10.6. The fourth-order valence-corrected chi connectivity index (χ4v) is 1.51. The Bertz CT molecular complexity index is 427. The molecule has 0 aliphatic heterocycles. The van der Waals surface area contributed by atoms with Crippen LogP contribution in [0.25, 0.3) is 5.57 Å². The van der Waals surface area contributed by atoms with Crippen LogP contribution in [0.1, 0.15) is 5.56 Å². The molecular weight excluding hydrogens is 251 g/mol. The highest BCUT2D eigenvalue weighted by Gasteiger charge is 2.06. The minimum atomic E-state index is -1.03. The number of carbonyl (C=O) groups is 1. The van der Waals surface area contributed by atoms with Crippen LogP contribution in [0.5, 0.6) is 0 Å². The summed E-state index contributed by atoms with van der Waals surface area (Å²) in [6, 6.07) is 4.92. The monoisotopic (exact) mass is 260 g/mol. The molecule has 1 N–H and O–H groups in total. The topological polar surface area (TPSA) is 46.5 Å². The number of hydrogen-bond donors (Lipinski definition) is 1. The fourth-order valence-electron chi connectivity index (χ4n) is 1.21. The number of carboxylic acids is 1. The highest BCUT2D eigenvalue weighted by atomic mass is 35.5. The van der Waals surface area contributed by atoms with Crippen molar-refractivity contribution in [3.05, 3.63) is 39.9 Å². The maximum Gasteiger partial charge on any atom is 0.328 e. The van der Waals surface area contributed by atoms with Gasteiger partial charge in [-0.25, -0.2) is 4.79 Å². The molecule has 16 heavy (non-hydrogen) atoms. The van der Waals surface area contributed by atoms with Crippen molar-refractivity contribution in [3.63, 3.8) is 0 Å². The molecule has 0 aliphatic rings. The van der Waals surface area contributed by atoms with Gasteiger partial charge >= 0.3 is 5.97 Å². The normalized spacial score (nSPS) is 11.6. The zero-order valence-electron chi connectivity index (χ0n) is 8.54. The molecule has 0 radical (unpaired) electrons. The van der Waals surface area contributed by atoms with Gasteiger partial charge in [-0.15, -0.1) is 0 Å². The molecule has 0 fully saturated rings. The summed E-state index contributed by atoms with van der Waals surface area (Å²) in [6.07, 6.45) is 1.09. The Morgan fingerprint density at radius 2 is 2.12 bits per heavy atom. The Kier molecular flexibility index (Phi) is 4.80. The van der Waals surface area contributed by atoms with Crippen molar-refractivity contribution in [2.75, 3.05) is 13.7 Å². The SMILES string of the molecule is COC/C(=C\C(=O)O)c1ccc(Cl)c(Cl)c1. The summed E-state index contributed by atoms with van der Waals surface area (Å²) in [5, 5.41) is 9.51. The van der Waals surface area contributed by atoms with Crippen molar-refractivity contribution < 1.29 is 14.6 Å². The van der Waals surface area contributed by atoms with Gasteiger partial charge in [-0.3, -0.25) is 0 Å². The average molecular weight is 261 g/mol. The van der Waals surface area contributed by atoms with E-state index in [1.807, 2.05) is 0 Å². The molecule has 86 valence electrons. The van der Waals surface area contributed by atoms with E-state index in [-0.39, 0.29) is 6.61 Å². The van der Waals surface area contributed by atoms with Crippen molar-refractivity contribution in [2.45, 2.75) is 0 Å². The van der Waals surface area contributed by atoms with Crippen molar-refractivity contribution >= 4 is 34.7 Å². The van der Waals surface area contributed by atoms with Crippen LogP contribution in [0, 0.1) is 0 Å². The van der Waals surface area contributed by atoms with E-state index in [1.165, 1.54) is 7.11 Å². The molecule has 0 aliphatic carbocycles. The van der Waals surface area contributed by atoms with Crippen molar-refractivity contribution in [1.82, 2.24) is 0 Å². The molecular formula is C11H10Cl2O3. The molecule has 0 saturated heterocycles. The molecule has 3 nitrogen and oxygen atoms in total. The lowest BCUT2D eigenvalue weighted by atomic mass is 10.1. The Labute approximate surface area is 103 Å². The van der Waals surface area contributed by atoms with Gasteiger partial charge in [0.05, 0.1) is 16.7 Å². The van der Waals surface area contributed by atoms with Crippen LogP contribution in [-0.4, -0.2) is 24.8 Å². The van der Waals surface area contributed by atoms with E-state index in [2.05, 4.69) is 0 Å². The number of rotatable bonds is 4. The number of ether oxygens (including phenoxy) is 1. The molecule has 0 aromatic heterocycles. The molecule has 5 heteroatoms. The molecule has 1 rings (SSSR count).